The minimum Gasteiger partial charge on any atom is -0.495 e. The number of aryl methyl sites for hydroxylation is 1. The number of nitrogens with one attached hydrogen (secondary N) is 1. The van der Waals surface area contributed by atoms with Crippen LogP contribution in [0.25, 0.3) is 0 Å². The lowest BCUT2D eigenvalue weighted by molar-refractivity contribution is 0.0947. The Morgan fingerprint density at radius 1 is 1.18 bits per heavy atom. The number of methoxy groups -OCH3 is 1. The van der Waals surface area contributed by atoms with Crippen LogP contribution < -0.4 is 14.8 Å². The molecule has 0 bridgehead atoms. The monoisotopic (exact) mass is 319 g/mol. The number of ether oxygens (including phenoxy) is 2. The number of hydrogen-bond acceptors (Lipinski definition) is 3. The van der Waals surface area contributed by atoms with E-state index in [0.717, 1.165) is 11.3 Å². The van der Waals surface area contributed by atoms with E-state index in [1.165, 1.54) is 7.11 Å². The van der Waals surface area contributed by atoms with E-state index in [9.17, 15) is 4.79 Å². The lowest BCUT2D eigenvalue weighted by Crippen LogP contribution is -2.28. The Bertz CT molecular complexity index is 658. The molecular weight excluding hydrogens is 302 g/mol. The van der Waals surface area contributed by atoms with Crippen LogP contribution in [0, 0.1) is 6.92 Å². The van der Waals surface area contributed by atoms with E-state index in [-0.39, 0.29) is 5.91 Å². The molecule has 22 heavy (non-hydrogen) atoms. The average Bonchev–Trinajstić information content (AvgIpc) is 2.52. The number of amides is 1. The van der Waals surface area contributed by atoms with Gasteiger partial charge in [-0.3, -0.25) is 4.79 Å². The predicted molar refractivity (Wildman–Crippen MR) is 87.0 cm³/mol. The molecule has 0 atom stereocenters. The van der Waals surface area contributed by atoms with Gasteiger partial charge in [-0.1, -0.05) is 29.8 Å². The highest BCUT2D eigenvalue weighted by atomic mass is 35.5. The molecule has 2 aromatic rings. The summed E-state index contributed by atoms with van der Waals surface area (Å²) in [7, 11) is 1.53. The molecule has 116 valence electrons. The second-order valence-electron chi connectivity index (χ2n) is 4.72. The standard InChI is InChI=1S/C17H18ClNO3/c1-12-5-3-4-6-15(12)22-10-9-19-17(20)13-7-8-16(21-2)14(18)11-13/h3-8,11H,9-10H2,1-2H3,(H,19,20). The van der Waals surface area contributed by atoms with Crippen LogP contribution in [0.3, 0.4) is 0 Å². The highest BCUT2D eigenvalue weighted by Crippen LogP contribution is 2.24. The Balaban J connectivity index is 1.83. The Hall–Kier alpha value is -2.20. The molecule has 1 amide bonds. The van der Waals surface area contributed by atoms with Crippen molar-refractivity contribution in [3.8, 4) is 11.5 Å². The molecule has 0 saturated carbocycles. The molecule has 0 spiro atoms. The second kappa shape index (κ2) is 7.71. The summed E-state index contributed by atoms with van der Waals surface area (Å²) >= 11 is 6.00. The minimum absolute atomic E-state index is 0.196. The largest absolute Gasteiger partial charge is 0.495 e. The SMILES string of the molecule is COc1ccc(C(=O)NCCOc2ccccc2C)cc1Cl. The van der Waals surface area contributed by atoms with Crippen LogP contribution in [-0.4, -0.2) is 26.2 Å². The second-order valence-corrected chi connectivity index (χ2v) is 5.13. The lowest BCUT2D eigenvalue weighted by Gasteiger charge is -2.10. The number of carbonyl (C=O) groups is 1. The maximum atomic E-state index is 12.0. The summed E-state index contributed by atoms with van der Waals surface area (Å²) in [6, 6.07) is 12.7. The van der Waals surface area contributed by atoms with E-state index in [2.05, 4.69) is 5.32 Å². The summed E-state index contributed by atoms with van der Waals surface area (Å²) in [6.45, 7) is 2.80. The van der Waals surface area contributed by atoms with Crippen molar-refractivity contribution < 1.29 is 14.3 Å². The van der Waals surface area contributed by atoms with E-state index in [1.54, 1.807) is 18.2 Å². The van der Waals surface area contributed by atoms with Crippen molar-refractivity contribution in [3.05, 3.63) is 58.6 Å². The topological polar surface area (TPSA) is 47.6 Å². The van der Waals surface area contributed by atoms with Crippen molar-refractivity contribution in [2.75, 3.05) is 20.3 Å². The average molecular weight is 320 g/mol. The molecule has 0 radical (unpaired) electrons. The fraction of sp³-hybridized carbons (Fsp3) is 0.235. The van der Waals surface area contributed by atoms with Crippen LogP contribution in [0.15, 0.2) is 42.5 Å². The van der Waals surface area contributed by atoms with Crippen LogP contribution >= 0.6 is 11.6 Å². The molecular formula is C17H18ClNO3. The molecule has 0 aliphatic carbocycles. The molecule has 0 aliphatic rings. The van der Waals surface area contributed by atoms with Crippen molar-refractivity contribution in [2.45, 2.75) is 6.92 Å². The van der Waals surface area contributed by atoms with Crippen molar-refractivity contribution in [1.82, 2.24) is 5.32 Å². The lowest BCUT2D eigenvalue weighted by atomic mass is 10.2. The van der Waals surface area contributed by atoms with Crippen LogP contribution in [0.5, 0.6) is 11.5 Å². The first-order valence-electron chi connectivity index (χ1n) is 6.92. The first-order valence-corrected chi connectivity index (χ1v) is 7.30. The van der Waals surface area contributed by atoms with Crippen molar-refractivity contribution in [3.63, 3.8) is 0 Å². The molecule has 2 rings (SSSR count). The van der Waals surface area contributed by atoms with E-state index < -0.39 is 0 Å². The maximum Gasteiger partial charge on any atom is 0.251 e. The molecule has 0 unspecified atom stereocenters. The third-order valence-corrected chi connectivity index (χ3v) is 3.45. The van der Waals surface area contributed by atoms with Crippen LogP contribution in [0.1, 0.15) is 15.9 Å². The summed E-state index contributed by atoms with van der Waals surface area (Å²) < 4.78 is 10.7. The molecule has 0 fully saturated rings. The van der Waals surface area contributed by atoms with Gasteiger partial charge in [0, 0.05) is 5.56 Å². The first-order chi connectivity index (χ1) is 10.6. The van der Waals surface area contributed by atoms with Gasteiger partial charge in [0.1, 0.15) is 18.1 Å². The number of hydrogen-bond donors (Lipinski definition) is 1. The molecule has 5 heteroatoms. The van der Waals surface area contributed by atoms with Gasteiger partial charge < -0.3 is 14.8 Å². The van der Waals surface area contributed by atoms with E-state index in [0.29, 0.717) is 29.5 Å². The third-order valence-electron chi connectivity index (χ3n) is 3.15. The fourth-order valence-corrected chi connectivity index (χ4v) is 2.21. The van der Waals surface area contributed by atoms with Gasteiger partial charge >= 0.3 is 0 Å². The van der Waals surface area contributed by atoms with Gasteiger partial charge in [0.2, 0.25) is 0 Å². The first kappa shape index (κ1) is 16.2. The van der Waals surface area contributed by atoms with E-state index in [4.69, 9.17) is 21.1 Å². The zero-order valence-electron chi connectivity index (χ0n) is 12.6. The van der Waals surface area contributed by atoms with Gasteiger partial charge in [-0.05, 0) is 36.8 Å². The smallest absolute Gasteiger partial charge is 0.251 e. The van der Waals surface area contributed by atoms with Gasteiger partial charge in [0.25, 0.3) is 5.91 Å². The number of rotatable bonds is 6. The number of carbonyl (C=O) groups excluding carboxylic acids is 1. The van der Waals surface area contributed by atoms with Gasteiger partial charge in [0.15, 0.2) is 0 Å². The molecule has 1 N–H and O–H groups in total. The Kier molecular flexibility index (Phi) is 5.67. The number of para-hydroxylation sites is 1. The van der Waals surface area contributed by atoms with E-state index >= 15 is 0 Å². The summed E-state index contributed by atoms with van der Waals surface area (Å²) in [5.74, 6) is 1.17. The van der Waals surface area contributed by atoms with Gasteiger partial charge in [-0.25, -0.2) is 0 Å². The Labute approximate surface area is 135 Å². The molecule has 0 aliphatic heterocycles. The molecule has 4 nitrogen and oxygen atoms in total. The zero-order chi connectivity index (χ0) is 15.9. The summed E-state index contributed by atoms with van der Waals surface area (Å²) in [4.78, 5) is 12.0. The number of halogens is 1. The molecule has 0 saturated heterocycles. The van der Waals surface area contributed by atoms with Crippen molar-refractivity contribution in [2.24, 2.45) is 0 Å². The quantitative estimate of drug-likeness (QED) is 0.829. The maximum absolute atomic E-state index is 12.0. The normalized spacial score (nSPS) is 10.1. The Morgan fingerprint density at radius 3 is 2.64 bits per heavy atom. The van der Waals surface area contributed by atoms with Gasteiger partial charge in [-0.2, -0.15) is 0 Å². The summed E-state index contributed by atoms with van der Waals surface area (Å²) in [5, 5.41) is 3.20. The summed E-state index contributed by atoms with van der Waals surface area (Å²) in [5.41, 5.74) is 1.55. The van der Waals surface area contributed by atoms with Gasteiger partial charge in [-0.15, -0.1) is 0 Å². The van der Waals surface area contributed by atoms with Crippen LogP contribution in [-0.2, 0) is 0 Å². The van der Waals surface area contributed by atoms with Crippen molar-refractivity contribution >= 4 is 17.5 Å². The minimum atomic E-state index is -0.196. The summed E-state index contributed by atoms with van der Waals surface area (Å²) in [6.07, 6.45) is 0. The highest BCUT2D eigenvalue weighted by molar-refractivity contribution is 6.32. The third kappa shape index (κ3) is 4.15. The van der Waals surface area contributed by atoms with Crippen LogP contribution in [0.2, 0.25) is 5.02 Å². The zero-order valence-corrected chi connectivity index (χ0v) is 13.3. The molecule has 2 aromatic carbocycles. The van der Waals surface area contributed by atoms with Gasteiger partial charge in [0.05, 0.1) is 18.7 Å². The van der Waals surface area contributed by atoms with Crippen LogP contribution in [0.4, 0.5) is 0 Å². The number of benzene rings is 2. The van der Waals surface area contributed by atoms with Crippen molar-refractivity contribution in [1.29, 1.82) is 0 Å². The highest BCUT2D eigenvalue weighted by Gasteiger charge is 2.08. The Morgan fingerprint density at radius 2 is 1.95 bits per heavy atom. The molecule has 0 heterocycles. The predicted octanol–water partition coefficient (Wildman–Crippen LogP) is 3.47. The fourth-order valence-electron chi connectivity index (χ4n) is 1.95. The van der Waals surface area contributed by atoms with E-state index in [1.807, 2.05) is 31.2 Å². The molecule has 0 aromatic heterocycles.